The number of nitrogen functional groups attached to an aromatic ring is 1. The van der Waals surface area contributed by atoms with Crippen molar-refractivity contribution in [2.45, 2.75) is 13.0 Å². The molecule has 1 aromatic heterocycles. The van der Waals surface area contributed by atoms with Crippen LogP contribution in [-0.2, 0) is 0 Å². The van der Waals surface area contributed by atoms with Crippen LogP contribution < -0.4 is 15.8 Å². The van der Waals surface area contributed by atoms with E-state index < -0.39 is 5.91 Å². The van der Waals surface area contributed by atoms with Crippen LogP contribution in [0.1, 0.15) is 29.0 Å². The number of hydrogen-bond donors (Lipinski definition) is 2. The highest BCUT2D eigenvalue weighted by molar-refractivity contribution is 5.96. The Balaban J connectivity index is 2.06. The first-order valence-corrected chi connectivity index (χ1v) is 5.64. The lowest BCUT2D eigenvalue weighted by Crippen LogP contribution is -2.27. The molecule has 1 atom stereocenters. The minimum atomic E-state index is -0.429. The maximum atomic E-state index is 11.9. The van der Waals surface area contributed by atoms with Gasteiger partial charge in [-0.3, -0.25) is 4.79 Å². The van der Waals surface area contributed by atoms with Gasteiger partial charge in [-0.25, -0.2) is 4.63 Å². The van der Waals surface area contributed by atoms with Crippen molar-refractivity contribution >= 4 is 11.7 Å². The lowest BCUT2D eigenvalue weighted by atomic mass is 10.1. The molecular weight excluding hydrogens is 248 g/mol. The topological polar surface area (TPSA) is 103 Å². The van der Waals surface area contributed by atoms with Crippen LogP contribution in [0.15, 0.2) is 28.9 Å². The molecule has 0 saturated carbocycles. The van der Waals surface area contributed by atoms with Gasteiger partial charge in [0.2, 0.25) is 11.5 Å². The zero-order valence-electron chi connectivity index (χ0n) is 10.6. The number of ether oxygens (including phenoxy) is 1. The smallest absolute Gasteiger partial charge is 0.277 e. The first kappa shape index (κ1) is 12.9. The van der Waals surface area contributed by atoms with Gasteiger partial charge in [-0.2, -0.15) is 0 Å². The normalized spacial score (nSPS) is 11.9. The van der Waals surface area contributed by atoms with E-state index in [1.54, 1.807) is 7.11 Å². The summed E-state index contributed by atoms with van der Waals surface area (Å²) in [4.78, 5) is 11.9. The van der Waals surface area contributed by atoms with Gasteiger partial charge in [-0.05, 0) is 34.9 Å². The Bertz CT molecular complexity index is 565. The number of nitrogens with one attached hydrogen (secondary N) is 1. The Kier molecular flexibility index (Phi) is 3.65. The van der Waals surface area contributed by atoms with Gasteiger partial charge in [0.05, 0.1) is 13.2 Å². The third-order valence-corrected chi connectivity index (χ3v) is 2.69. The molecule has 2 aromatic rings. The Labute approximate surface area is 109 Å². The molecule has 0 unspecified atom stereocenters. The number of carbonyl (C=O) groups excluding carboxylic acids is 1. The van der Waals surface area contributed by atoms with Gasteiger partial charge < -0.3 is 15.8 Å². The van der Waals surface area contributed by atoms with E-state index >= 15 is 0 Å². The summed E-state index contributed by atoms with van der Waals surface area (Å²) >= 11 is 0. The average Bonchev–Trinajstić information content (AvgIpc) is 2.85. The van der Waals surface area contributed by atoms with E-state index in [9.17, 15) is 4.79 Å². The summed E-state index contributed by atoms with van der Waals surface area (Å²) < 4.78 is 9.45. The Morgan fingerprint density at radius 3 is 2.58 bits per heavy atom. The van der Waals surface area contributed by atoms with Crippen LogP contribution in [0.3, 0.4) is 0 Å². The predicted molar refractivity (Wildman–Crippen MR) is 67.6 cm³/mol. The summed E-state index contributed by atoms with van der Waals surface area (Å²) in [6, 6.07) is 7.19. The fourth-order valence-corrected chi connectivity index (χ4v) is 1.59. The summed E-state index contributed by atoms with van der Waals surface area (Å²) in [7, 11) is 1.60. The van der Waals surface area contributed by atoms with E-state index in [-0.39, 0.29) is 17.6 Å². The number of nitrogens with zero attached hydrogens (tertiary/aromatic N) is 2. The molecule has 100 valence electrons. The fourth-order valence-electron chi connectivity index (χ4n) is 1.59. The molecule has 7 heteroatoms. The van der Waals surface area contributed by atoms with Crippen LogP contribution in [0.2, 0.25) is 0 Å². The first-order chi connectivity index (χ1) is 9.11. The third-order valence-electron chi connectivity index (χ3n) is 2.69. The monoisotopic (exact) mass is 262 g/mol. The number of rotatable bonds is 4. The van der Waals surface area contributed by atoms with Crippen LogP contribution in [0.5, 0.6) is 5.75 Å². The van der Waals surface area contributed by atoms with Gasteiger partial charge in [-0.15, -0.1) is 0 Å². The van der Waals surface area contributed by atoms with E-state index in [0.29, 0.717) is 0 Å². The van der Waals surface area contributed by atoms with Crippen molar-refractivity contribution in [3.63, 3.8) is 0 Å². The minimum absolute atomic E-state index is 0.0136. The van der Waals surface area contributed by atoms with Crippen LogP contribution in [0.25, 0.3) is 0 Å². The van der Waals surface area contributed by atoms with Gasteiger partial charge in [0, 0.05) is 0 Å². The maximum Gasteiger partial charge on any atom is 0.277 e. The number of anilines is 1. The highest BCUT2D eigenvalue weighted by Gasteiger charge is 2.18. The second kappa shape index (κ2) is 5.38. The van der Waals surface area contributed by atoms with Gasteiger partial charge >= 0.3 is 0 Å². The highest BCUT2D eigenvalue weighted by Crippen LogP contribution is 2.18. The van der Waals surface area contributed by atoms with Crippen LogP contribution in [-0.4, -0.2) is 23.3 Å². The van der Waals surface area contributed by atoms with E-state index in [1.807, 2.05) is 31.2 Å². The van der Waals surface area contributed by atoms with Crippen molar-refractivity contribution in [2.24, 2.45) is 0 Å². The van der Waals surface area contributed by atoms with Crippen molar-refractivity contribution < 1.29 is 14.2 Å². The number of aromatic nitrogens is 2. The molecular formula is C12H14N4O3. The minimum Gasteiger partial charge on any atom is -0.497 e. The van der Waals surface area contributed by atoms with Crippen molar-refractivity contribution in [1.29, 1.82) is 0 Å². The van der Waals surface area contributed by atoms with Gasteiger partial charge in [0.1, 0.15) is 5.75 Å². The Morgan fingerprint density at radius 1 is 1.37 bits per heavy atom. The molecule has 0 aliphatic heterocycles. The van der Waals surface area contributed by atoms with Gasteiger partial charge in [0.15, 0.2) is 0 Å². The van der Waals surface area contributed by atoms with Crippen molar-refractivity contribution in [1.82, 2.24) is 15.6 Å². The number of carbonyl (C=O) groups is 1. The summed E-state index contributed by atoms with van der Waals surface area (Å²) in [5.41, 5.74) is 6.37. The summed E-state index contributed by atoms with van der Waals surface area (Å²) in [6.07, 6.45) is 0. The van der Waals surface area contributed by atoms with E-state index in [0.717, 1.165) is 11.3 Å². The van der Waals surface area contributed by atoms with Crippen LogP contribution in [0, 0.1) is 0 Å². The maximum absolute atomic E-state index is 11.9. The second-order valence-corrected chi connectivity index (χ2v) is 3.97. The SMILES string of the molecule is COc1ccc([C@H](C)NC(=O)c2nonc2N)cc1. The molecule has 1 heterocycles. The summed E-state index contributed by atoms with van der Waals surface area (Å²) in [6.45, 7) is 1.85. The average molecular weight is 262 g/mol. The van der Waals surface area contributed by atoms with Crippen molar-refractivity contribution in [3.8, 4) is 5.75 Å². The molecule has 0 aliphatic rings. The number of nitrogens with two attached hydrogens (primary N) is 1. The molecule has 0 radical (unpaired) electrons. The molecule has 0 bridgehead atoms. The predicted octanol–water partition coefficient (Wildman–Crippen LogP) is 1.15. The number of amides is 1. The van der Waals surface area contributed by atoms with Crippen LogP contribution in [0.4, 0.5) is 5.82 Å². The van der Waals surface area contributed by atoms with E-state index in [2.05, 4.69) is 20.3 Å². The highest BCUT2D eigenvalue weighted by atomic mass is 16.6. The molecule has 0 spiro atoms. The molecule has 7 nitrogen and oxygen atoms in total. The van der Waals surface area contributed by atoms with E-state index in [1.165, 1.54) is 0 Å². The molecule has 19 heavy (non-hydrogen) atoms. The van der Waals surface area contributed by atoms with Crippen molar-refractivity contribution in [3.05, 3.63) is 35.5 Å². The standard InChI is InChI=1S/C12H14N4O3/c1-7(8-3-5-9(18-2)6-4-8)14-12(17)10-11(13)16-19-15-10/h3-7H,1-2H3,(H2,13,16)(H,14,17)/t7-/m0/s1. The van der Waals surface area contributed by atoms with Gasteiger partial charge in [0.25, 0.3) is 5.91 Å². The second-order valence-electron chi connectivity index (χ2n) is 3.97. The molecule has 0 aliphatic carbocycles. The molecule has 2 rings (SSSR count). The molecule has 1 amide bonds. The first-order valence-electron chi connectivity index (χ1n) is 5.64. The van der Waals surface area contributed by atoms with Crippen LogP contribution >= 0.6 is 0 Å². The largest absolute Gasteiger partial charge is 0.497 e. The van der Waals surface area contributed by atoms with Gasteiger partial charge in [-0.1, -0.05) is 12.1 Å². The fraction of sp³-hybridized carbons (Fsp3) is 0.250. The van der Waals surface area contributed by atoms with Crippen molar-refractivity contribution in [2.75, 3.05) is 12.8 Å². The third kappa shape index (κ3) is 2.82. The molecule has 3 N–H and O–H groups in total. The Morgan fingerprint density at radius 2 is 2.05 bits per heavy atom. The number of hydrogen-bond acceptors (Lipinski definition) is 6. The zero-order valence-corrected chi connectivity index (χ0v) is 10.6. The zero-order chi connectivity index (χ0) is 13.8. The number of benzene rings is 1. The molecule has 0 saturated heterocycles. The quantitative estimate of drug-likeness (QED) is 0.856. The number of methoxy groups -OCH3 is 1. The summed E-state index contributed by atoms with van der Waals surface area (Å²) in [5, 5.41) is 9.56. The lowest BCUT2D eigenvalue weighted by molar-refractivity contribution is 0.0930. The lowest BCUT2D eigenvalue weighted by Gasteiger charge is -2.13. The summed E-state index contributed by atoms with van der Waals surface area (Å²) in [5.74, 6) is 0.300. The Hall–Kier alpha value is -2.57. The van der Waals surface area contributed by atoms with E-state index in [4.69, 9.17) is 10.5 Å². The molecule has 0 fully saturated rings. The molecule has 1 aromatic carbocycles.